The molecule has 1 saturated heterocycles. The number of nitrogens with one attached hydrogen (secondary N) is 1. The molecule has 5 nitrogen and oxygen atoms in total. The van der Waals surface area contributed by atoms with E-state index in [1.54, 1.807) is 0 Å². The number of carbonyl (C=O) groups excluding carboxylic acids is 1. The lowest BCUT2D eigenvalue weighted by molar-refractivity contribution is -0.148. The zero-order valence-corrected chi connectivity index (χ0v) is 12.6. The molecule has 1 aromatic rings. The van der Waals surface area contributed by atoms with Crippen LogP contribution < -0.4 is 5.32 Å². The Bertz CT molecular complexity index is 495. The van der Waals surface area contributed by atoms with Gasteiger partial charge in [-0.2, -0.15) is 12.6 Å². The summed E-state index contributed by atoms with van der Waals surface area (Å²) < 4.78 is 0. The number of benzene rings is 1. The molecule has 1 aliphatic rings. The van der Waals surface area contributed by atoms with Crippen molar-refractivity contribution in [3.8, 4) is 0 Å². The number of carbonyl (C=O) groups is 2. The zero-order chi connectivity index (χ0) is 15.2. The van der Waals surface area contributed by atoms with Gasteiger partial charge in [-0.1, -0.05) is 30.3 Å². The molecule has 1 aliphatic heterocycles. The van der Waals surface area contributed by atoms with Crippen molar-refractivity contribution in [1.29, 1.82) is 0 Å². The van der Waals surface area contributed by atoms with Crippen LogP contribution in [0.4, 0.5) is 0 Å². The Kier molecular flexibility index (Phi) is 5.64. The third-order valence-electron chi connectivity index (χ3n) is 3.70. The summed E-state index contributed by atoms with van der Waals surface area (Å²) in [7, 11) is 0. The van der Waals surface area contributed by atoms with Gasteiger partial charge in [0.05, 0.1) is 6.04 Å². The van der Waals surface area contributed by atoms with Crippen molar-refractivity contribution >= 4 is 24.5 Å². The molecule has 1 heterocycles. The van der Waals surface area contributed by atoms with Crippen LogP contribution >= 0.6 is 12.6 Å². The van der Waals surface area contributed by atoms with Gasteiger partial charge in [-0.05, 0) is 18.4 Å². The molecule has 1 aromatic carbocycles. The van der Waals surface area contributed by atoms with E-state index in [-0.39, 0.29) is 5.91 Å². The van der Waals surface area contributed by atoms with Gasteiger partial charge in [0.25, 0.3) is 0 Å². The number of hydrogen-bond donors (Lipinski definition) is 3. The first-order chi connectivity index (χ1) is 10.1. The van der Waals surface area contributed by atoms with Gasteiger partial charge in [-0.25, -0.2) is 4.79 Å². The number of thiol groups is 1. The highest BCUT2D eigenvalue weighted by molar-refractivity contribution is 7.80. The minimum absolute atomic E-state index is 0.175. The lowest BCUT2D eigenvalue weighted by atomic mass is 10.2. The number of hydrogen-bond acceptors (Lipinski definition) is 4. The molecule has 0 spiro atoms. The van der Waals surface area contributed by atoms with Gasteiger partial charge in [0.2, 0.25) is 5.91 Å². The summed E-state index contributed by atoms with van der Waals surface area (Å²) in [5.74, 6) is -0.762. The molecule has 0 saturated carbocycles. The number of nitrogens with zero attached hydrogens (tertiary/aromatic N) is 1. The number of rotatable bonds is 6. The van der Waals surface area contributed by atoms with Crippen molar-refractivity contribution in [3.05, 3.63) is 35.9 Å². The minimum Gasteiger partial charge on any atom is -0.480 e. The maximum absolute atomic E-state index is 12.5. The van der Waals surface area contributed by atoms with E-state index in [1.807, 2.05) is 30.3 Å². The van der Waals surface area contributed by atoms with Crippen molar-refractivity contribution in [1.82, 2.24) is 10.2 Å². The predicted molar refractivity (Wildman–Crippen MR) is 83.3 cm³/mol. The van der Waals surface area contributed by atoms with E-state index >= 15 is 0 Å². The normalized spacial score (nSPS) is 19.5. The lowest BCUT2D eigenvalue weighted by Crippen LogP contribution is -2.51. The van der Waals surface area contributed by atoms with Crippen LogP contribution in [0.25, 0.3) is 0 Å². The molecule has 1 unspecified atom stereocenters. The summed E-state index contributed by atoms with van der Waals surface area (Å²) in [6.07, 6.45) is 1.26. The maximum atomic E-state index is 12.5. The Morgan fingerprint density at radius 2 is 2.10 bits per heavy atom. The number of amides is 1. The van der Waals surface area contributed by atoms with Crippen LogP contribution in [0.2, 0.25) is 0 Å². The van der Waals surface area contributed by atoms with E-state index in [4.69, 9.17) is 5.11 Å². The Balaban J connectivity index is 1.96. The van der Waals surface area contributed by atoms with Gasteiger partial charge in [-0.15, -0.1) is 0 Å². The smallest absolute Gasteiger partial charge is 0.326 e. The molecule has 6 heteroatoms. The van der Waals surface area contributed by atoms with Crippen molar-refractivity contribution in [2.75, 3.05) is 12.3 Å². The molecule has 0 bridgehead atoms. The molecule has 2 N–H and O–H groups in total. The first-order valence-corrected chi connectivity index (χ1v) is 7.68. The summed E-state index contributed by atoms with van der Waals surface area (Å²) in [6, 6.07) is 8.61. The summed E-state index contributed by atoms with van der Waals surface area (Å²) in [6.45, 7) is 1.07. The van der Waals surface area contributed by atoms with Gasteiger partial charge >= 0.3 is 5.97 Å². The second-order valence-corrected chi connectivity index (χ2v) is 5.49. The second kappa shape index (κ2) is 7.47. The van der Waals surface area contributed by atoms with Gasteiger partial charge in [-0.3, -0.25) is 4.79 Å². The van der Waals surface area contributed by atoms with E-state index in [0.29, 0.717) is 25.3 Å². The fourth-order valence-electron chi connectivity index (χ4n) is 2.55. The van der Waals surface area contributed by atoms with Gasteiger partial charge in [0.15, 0.2) is 0 Å². The fourth-order valence-corrected chi connectivity index (χ4v) is 2.84. The minimum atomic E-state index is -0.929. The summed E-state index contributed by atoms with van der Waals surface area (Å²) in [4.78, 5) is 25.1. The largest absolute Gasteiger partial charge is 0.480 e. The van der Waals surface area contributed by atoms with Crippen LogP contribution in [0.5, 0.6) is 0 Å². The summed E-state index contributed by atoms with van der Waals surface area (Å²) >= 11 is 4.22. The van der Waals surface area contributed by atoms with Gasteiger partial charge in [0.1, 0.15) is 6.04 Å². The highest BCUT2D eigenvalue weighted by Crippen LogP contribution is 2.18. The predicted octanol–water partition coefficient (Wildman–Crippen LogP) is 1.15. The van der Waals surface area contributed by atoms with Crippen LogP contribution in [0.1, 0.15) is 18.4 Å². The molecule has 1 fully saturated rings. The maximum Gasteiger partial charge on any atom is 0.326 e. The molecule has 0 aromatic heterocycles. The van der Waals surface area contributed by atoms with Crippen LogP contribution in [-0.4, -0.2) is 46.3 Å². The lowest BCUT2D eigenvalue weighted by Gasteiger charge is -2.26. The molecule has 0 aliphatic carbocycles. The van der Waals surface area contributed by atoms with Crippen LogP contribution in [0.3, 0.4) is 0 Å². The van der Waals surface area contributed by atoms with Crippen molar-refractivity contribution in [3.63, 3.8) is 0 Å². The second-order valence-electron chi connectivity index (χ2n) is 5.13. The fraction of sp³-hybridized carbons (Fsp3) is 0.467. The third kappa shape index (κ3) is 3.98. The summed E-state index contributed by atoms with van der Waals surface area (Å²) in [5.41, 5.74) is 1.08. The van der Waals surface area contributed by atoms with Crippen molar-refractivity contribution < 1.29 is 14.7 Å². The molecule has 21 heavy (non-hydrogen) atoms. The quantitative estimate of drug-likeness (QED) is 0.690. The van der Waals surface area contributed by atoms with Crippen LogP contribution in [-0.2, 0) is 16.1 Å². The molecule has 2 rings (SSSR count). The highest BCUT2D eigenvalue weighted by Gasteiger charge is 2.36. The molecule has 1 amide bonds. The number of likely N-dealkylation sites (tertiary alicyclic amines) is 1. The zero-order valence-electron chi connectivity index (χ0n) is 11.7. The Hall–Kier alpha value is -1.53. The molecule has 114 valence electrons. The van der Waals surface area contributed by atoms with E-state index in [9.17, 15) is 9.59 Å². The SMILES string of the molecule is O=C(O)[C@@H]1CCCN1C(=O)C(CS)NCc1ccccc1. The molecule has 2 atom stereocenters. The Labute approximate surface area is 129 Å². The van der Waals surface area contributed by atoms with Gasteiger partial charge in [0, 0.05) is 18.8 Å². The number of aliphatic carboxylic acids is 1. The third-order valence-corrected chi connectivity index (χ3v) is 4.06. The van der Waals surface area contributed by atoms with Crippen molar-refractivity contribution in [2.24, 2.45) is 0 Å². The van der Waals surface area contributed by atoms with E-state index in [2.05, 4.69) is 17.9 Å². The first-order valence-electron chi connectivity index (χ1n) is 7.05. The van der Waals surface area contributed by atoms with Crippen LogP contribution in [0, 0.1) is 0 Å². The van der Waals surface area contributed by atoms with E-state index in [0.717, 1.165) is 12.0 Å². The highest BCUT2D eigenvalue weighted by atomic mass is 32.1. The Morgan fingerprint density at radius 3 is 2.71 bits per heavy atom. The number of carboxylic acid groups (broad SMARTS) is 1. The average molecular weight is 308 g/mol. The molecular weight excluding hydrogens is 288 g/mol. The molecule has 0 radical (unpaired) electrons. The first kappa shape index (κ1) is 15.9. The number of carboxylic acids is 1. The Morgan fingerprint density at radius 1 is 1.38 bits per heavy atom. The monoisotopic (exact) mass is 308 g/mol. The standard InChI is InChI=1S/C15H20N2O3S/c18-14(17-8-4-7-13(17)15(19)20)12(10-21)16-9-11-5-2-1-3-6-11/h1-3,5-6,12-13,16,21H,4,7-10H2,(H,19,20)/t12?,13-/m0/s1. The average Bonchev–Trinajstić information content (AvgIpc) is 2.98. The van der Waals surface area contributed by atoms with E-state index in [1.165, 1.54) is 4.90 Å². The van der Waals surface area contributed by atoms with Gasteiger partial charge < -0.3 is 15.3 Å². The van der Waals surface area contributed by atoms with Crippen molar-refractivity contribution in [2.45, 2.75) is 31.5 Å². The topological polar surface area (TPSA) is 69.6 Å². The summed E-state index contributed by atoms with van der Waals surface area (Å²) in [5, 5.41) is 12.3. The molecular formula is C15H20N2O3S. The van der Waals surface area contributed by atoms with E-state index < -0.39 is 18.1 Å². The van der Waals surface area contributed by atoms with Crippen LogP contribution in [0.15, 0.2) is 30.3 Å².